The molecule has 0 fully saturated rings. The Morgan fingerprint density at radius 1 is 1.27 bits per heavy atom. The van der Waals surface area contributed by atoms with E-state index < -0.39 is 0 Å². The highest BCUT2D eigenvalue weighted by Crippen LogP contribution is 2.13. The van der Waals surface area contributed by atoms with Crippen LogP contribution in [-0.2, 0) is 13.1 Å². The van der Waals surface area contributed by atoms with Crippen molar-refractivity contribution < 1.29 is 4.74 Å². The topological polar surface area (TPSA) is 54.7 Å². The molecule has 0 spiro atoms. The summed E-state index contributed by atoms with van der Waals surface area (Å²) in [6, 6.07) is 10.3. The van der Waals surface area contributed by atoms with E-state index in [9.17, 15) is 0 Å². The summed E-state index contributed by atoms with van der Waals surface area (Å²) in [6.07, 6.45) is 0.998. The lowest BCUT2D eigenvalue weighted by Gasteiger charge is -2.22. The smallest absolute Gasteiger partial charge is 0.193 e. The lowest BCUT2D eigenvalue weighted by molar-refractivity contribution is 0.340. The summed E-state index contributed by atoms with van der Waals surface area (Å²) in [7, 11) is 3.87. The van der Waals surface area contributed by atoms with Crippen LogP contribution in [0.4, 0.5) is 0 Å². The maximum absolute atomic E-state index is 5.49. The molecule has 0 aliphatic carbocycles. The number of guanidine groups is 1. The number of ether oxygens (including phenoxy) is 1. The summed E-state index contributed by atoms with van der Waals surface area (Å²) in [5.74, 6) is 1.80. The standard InChI is InChI=1S/C20H31N5O/c1-6-26-19-10-8-18(9-11-19)15-24(5)20(21-4)22-12-7-13-25-17(3)14-16(2)23-25/h8-11,14H,6-7,12-13,15H2,1-5H3,(H,21,22). The molecule has 1 heterocycles. The van der Waals surface area contributed by atoms with Crippen LogP contribution in [0.25, 0.3) is 0 Å². The zero-order valence-corrected chi connectivity index (χ0v) is 16.6. The highest BCUT2D eigenvalue weighted by atomic mass is 16.5. The minimum Gasteiger partial charge on any atom is -0.494 e. The number of benzene rings is 1. The molecule has 142 valence electrons. The first-order valence-corrected chi connectivity index (χ1v) is 9.18. The van der Waals surface area contributed by atoms with Gasteiger partial charge >= 0.3 is 0 Å². The number of aryl methyl sites for hydroxylation is 3. The van der Waals surface area contributed by atoms with E-state index >= 15 is 0 Å². The van der Waals surface area contributed by atoms with Crippen LogP contribution < -0.4 is 10.1 Å². The lowest BCUT2D eigenvalue weighted by atomic mass is 10.2. The largest absolute Gasteiger partial charge is 0.494 e. The van der Waals surface area contributed by atoms with Crippen molar-refractivity contribution in [3.63, 3.8) is 0 Å². The summed E-state index contributed by atoms with van der Waals surface area (Å²) < 4.78 is 7.55. The van der Waals surface area contributed by atoms with E-state index in [4.69, 9.17) is 4.74 Å². The summed E-state index contributed by atoms with van der Waals surface area (Å²) in [5, 5.41) is 7.92. The zero-order chi connectivity index (χ0) is 18.9. The van der Waals surface area contributed by atoms with Crippen molar-refractivity contribution in [2.75, 3.05) is 27.2 Å². The second-order valence-corrected chi connectivity index (χ2v) is 6.41. The van der Waals surface area contributed by atoms with Gasteiger partial charge in [0, 0.05) is 39.4 Å². The molecule has 6 heteroatoms. The van der Waals surface area contributed by atoms with Gasteiger partial charge in [-0.05, 0) is 51.0 Å². The number of nitrogens with zero attached hydrogens (tertiary/aromatic N) is 4. The monoisotopic (exact) mass is 357 g/mol. The van der Waals surface area contributed by atoms with E-state index in [0.29, 0.717) is 6.61 Å². The predicted molar refractivity (Wildman–Crippen MR) is 107 cm³/mol. The lowest BCUT2D eigenvalue weighted by Crippen LogP contribution is -2.39. The minimum absolute atomic E-state index is 0.688. The quantitative estimate of drug-likeness (QED) is 0.448. The van der Waals surface area contributed by atoms with Gasteiger partial charge < -0.3 is 15.0 Å². The van der Waals surface area contributed by atoms with Crippen molar-refractivity contribution in [3.05, 3.63) is 47.3 Å². The van der Waals surface area contributed by atoms with Gasteiger partial charge in [0.15, 0.2) is 5.96 Å². The molecular weight excluding hydrogens is 326 g/mol. The van der Waals surface area contributed by atoms with Gasteiger partial charge in [0.2, 0.25) is 0 Å². The Labute approximate surface area is 156 Å². The Kier molecular flexibility index (Phi) is 7.51. The molecule has 0 bridgehead atoms. The molecule has 6 nitrogen and oxygen atoms in total. The van der Waals surface area contributed by atoms with E-state index in [1.807, 2.05) is 40.1 Å². The van der Waals surface area contributed by atoms with E-state index in [1.165, 1.54) is 11.3 Å². The van der Waals surface area contributed by atoms with Crippen LogP contribution in [0.2, 0.25) is 0 Å². The van der Waals surface area contributed by atoms with Gasteiger partial charge in [-0.3, -0.25) is 9.67 Å². The first kappa shape index (κ1) is 19.8. The molecule has 0 saturated heterocycles. The molecule has 0 atom stereocenters. The van der Waals surface area contributed by atoms with Crippen LogP contribution in [0.1, 0.15) is 30.3 Å². The average Bonchev–Trinajstić information content (AvgIpc) is 2.94. The fraction of sp³-hybridized carbons (Fsp3) is 0.500. The van der Waals surface area contributed by atoms with Gasteiger partial charge in [0.25, 0.3) is 0 Å². The Balaban J connectivity index is 1.79. The number of rotatable bonds is 8. The summed E-state index contributed by atoms with van der Waals surface area (Å²) in [5.41, 5.74) is 3.50. The number of nitrogens with one attached hydrogen (secondary N) is 1. The maximum atomic E-state index is 5.49. The molecule has 1 N–H and O–H groups in total. The summed E-state index contributed by atoms with van der Waals surface area (Å²) in [6.45, 7) is 9.37. The van der Waals surface area contributed by atoms with E-state index in [-0.39, 0.29) is 0 Å². The summed E-state index contributed by atoms with van der Waals surface area (Å²) in [4.78, 5) is 6.51. The molecule has 1 aromatic carbocycles. The van der Waals surface area contributed by atoms with E-state index in [0.717, 1.165) is 43.5 Å². The molecule has 26 heavy (non-hydrogen) atoms. The predicted octanol–water partition coefficient (Wildman–Crippen LogP) is 3.00. The molecule has 0 unspecified atom stereocenters. The molecule has 2 aromatic rings. The van der Waals surface area contributed by atoms with Crippen molar-refractivity contribution in [2.45, 2.75) is 40.3 Å². The normalized spacial score (nSPS) is 11.5. The third-order valence-electron chi connectivity index (χ3n) is 4.16. The van der Waals surface area contributed by atoms with Crippen LogP contribution in [0, 0.1) is 13.8 Å². The molecular formula is C20H31N5O. The number of hydrogen-bond donors (Lipinski definition) is 1. The van der Waals surface area contributed by atoms with Crippen LogP contribution in [-0.4, -0.2) is 47.9 Å². The second kappa shape index (κ2) is 9.85. The third kappa shape index (κ3) is 5.79. The van der Waals surface area contributed by atoms with Crippen LogP contribution in [0.5, 0.6) is 5.75 Å². The molecule has 2 rings (SSSR count). The number of aromatic nitrogens is 2. The van der Waals surface area contributed by atoms with Gasteiger partial charge in [0.05, 0.1) is 12.3 Å². The van der Waals surface area contributed by atoms with Crippen LogP contribution in [0.3, 0.4) is 0 Å². The summed E-state index contributed by atoms with van der Waals surface area (Å²) >= 11 is 0. The fourth-order valence-electron chi connectivity index (χ4n) is 2.92. The third-order valence-corrected chi connectivity index (χ3v) is 4.16. The van der Waals surface area contributed by atoms with Crippen LogP contribution >= 0.6 is 0 Å². The van der Waals surface area contributed by atoms with Crippen molar-refractivity contribution in [2.24, 2.45) is 4.99 Å². The Hall–Kier alpha value is -2.50. The van der Waals surface area contributed by atoms with Gasteiger partial charge in [-0.15, -0.1) is 0 Å². The van der Waals surface area contributed by atoms with Gasteiger partial charge in [-0.25, -0.2) is 0 Å². The number of aliphatic imine (C=N–C) groups is 1. The van der Waals surface area contributed by atoms with Crippen molar-refractivity contribution in [1.82, 2.24) is 20.0 Å². The Bertz CT molecular complexity index is 705. The van der Waals surface area contributed by atoms with Gasteiger partial charge in [0.1, 0.15) is 5.75 Å². The second-order valence-electron chi connectivity index (χ2n) is 6.41. The molecule has 0 aliphatic heterocycles. The van der Waals surface area contributed by atoms with Gasteiger partial charge in [-0.1, -0.05) is 12.1 Å². The Morgan fingerprint density at radius 3 is 2.58 bits per heavy atom. The molecule has 0 amide bonds. The van der Waals surface area contributed by atoms with E-state index in [2.05, 4.69) is 50.1 Å². The van der Waals surface area contributed by atoms with E-state index in [1.54, 1.807) is 0 Å². The number of hydrogen-bond acceptors (Lipinski definition) is 3. The highest BCUT2D eigenvalue weighted by Gasteiger charge is 2.07. The van der Waals surface area contributed by atoms with Gasteiger partial charge in [-0.2, -0.15) is 5.10 Å². The Morgan fingerprint density at radius 2 is 2.00 bits per heavy atom. The highest BCUT2D eigenvalue weighted by molar-refractivity contribution is 5.79. The molecule has 0 aliphatic rings. The SMILES string of the molecule is CCOc1ccc(CN(C)C(=NC)NCCCn2nc(C)cc2C)cc1. The molecule has 1 aromatic heterocycles. The first-order valence-electron chi connectivity index (χ1n) is 9.18. The average molecular weight is 358 g/mol. The molecule has 0 saturated carbocycles. The zero-order valence-electron chi connectivity index (χ0n) is 16.6. The maximum Gasteiger partial charge on any atom is 0.193 e. The van der Waals surface area contributed by atoms with Crippen LogP contribution in [0.15, 0.2) is 35.3 Å². The molecule has 0 radical (unpaired) electrons. The first-order chi connectivity index (χ1) is 12.5. The van der Waals surface area contributed by atoms with Crippen molar-refractivity contribution in [1.29, 1.82) is 0 Å². The fourth-order valence-corrected chi connectivity index (χ4v) is 2.92. The minimum atomic E-state index is 0.688. The van der Waals surface area contributed by atoms with Crippen molar-refractivity contribution in [3.8, 4) is 5.75 Å². The van der Waals surface area contributed by atoms with Crippen molar-refractivity contribution >= 4 is 5.96 Å².